The smallest absolute Gasteiger partial charge is 0.239 e. The predicted molar refractivity (Wildman–Crippen MR) is 110 cm³/mol. The highest BCUT2D eigenvalue weighted by Crippen LogP contribution is 2.24. The van der Waals surface area contributed by atoms with Crippen molar-refractivity contribution in [2.24, 2.45) is 0 Å². The van der Waals surface area contributed by atoms with Gasteiger partial charge in [0.05, 0.1) is 12.1 Å². The molecule has 1 saturated carbocycles. The normalized spacial score (nSPS) is 20.2. The monoisotopic (exact) mass is 389 g/mol. The molecule has 146 valence electrons. The van der Waals surface area contributed by atoms with Crippen LogP contribution in [-0.2, 0) is 4.79 Å². The van der Waals surface area contributed by atoms with E-state index in [1.807, 2.05) is 12.1 Å². The number of anilines is 1. The van der Waals surface area contributed by atoms with E-state index in [4.69, 9.17) is 11.6 Å². The molecular weight excluding hydrogens is 362 g/mol. The van der Waals surface area contributed by atoms with E-state index in [9.17, 15) is 4.79 Å². The van der Waals surface area contributed by atoms with Crippen LogP contribution in [-0.4, -0.2) is 52.5 Å². The van der Waals surface area contributed by atoms with Crippen molar-refractivity contribution < 1.29 is 4.79 Å². The molecule has 0 atom stereocenters. The summed E-state index contributed by atoms with van der Waals surface area (Å²) >= 11 is 6.07. The fourth-order valence-corrected chi connectivity index (χ4v) is 3.83. The van der Waals surface area contributed by atoms with Crippen LogP contribution in [0, 0.1) is 0 Å². The van der Waals surface area contributed by atoms with Crippen molar-refractivity contribution in [1.82, 2.24) is 20.2 Å². The molecule has 3 rings (SSSR count). The summed E-state index contributed by atoms with van der Waals surface area (Å²) in [4.78, 5) is 23.3. The zero-order valence-electron chi connectivity index (χ0n) is 16.2. The number of hydrogen-bond donors (Lipinski definition) is 2. The Labute approximate surface area is 165 Å². The number of aromatic nitrogens is 2. The van der Waals surface area contributed by atoms with Crippen LogP contribution in [0.2, 0.25) is 5.02 Å². The lowest BCUT2D eigenvalue weighted by atomic mass is 9.90. The summed E-state index contributed by atoms with van der Waals surface area (Å²) in [6.07, 6.45) is 5.80. The molecule has 1 aliphatic carbocycles. The van der Waals surface area contributed by atoms with Gasteiger partial charge in [0.1, 0.15) is 12.1 Å². The third-order valence-electron chi connectivity index (χ3n) is 5.47. The van der Waals surface area contributed by atoms with Gasteiger partial charge in [-0.3, -0.25) is 4.79 Å². The van der Waals surface area contributed by atoms with Gasteiger partial charge in [-0.25, -0.2) is 9.97 Å². The van der Waals surface area contributed by atoms with Gasteiger partial charge in [0.25, 0.3) is 0 Å². The summed E-state index contributed by atoms with van der Waals surface area (Å²) in [6.45, 7) is 4.64. The topological polar surface area (TPSA) is 70.2 Å². The Kier molecular flexibility index (Phi) is 6.50. The van der Waals surface area contributed by atoms with E-state index in [0.29, 0.717) is 22.9 Å². The summed E-state index contributed by atoms with van der Waals surface area (Å²) < 4.78 is 0. The maximum absolute atomic E-state index is 12.4. The van der Waals surface area contributed by atoms with Crippen molar-refractivity contribution in [2.45, 2.75) is 57.7 Å². The van der Waals surface area contributed by atoms with Crippen molar-refractivity contribution in [3.63, 3.8) is 0 Å². The number of hydrogen-bond acceptors (Lipinski definition) is 5. The molecule has 1 aromatic heterocycles. The molecule has 0 spiro atoms. The number of benzene rings is 1. The molecule has 0 aliphatic heterocycles. The molecule has 1 aromatic carbocycles. The lowest BCUT2D eigenvalue weighted by molar-refractivity contribution is -0.120. The summed E-state index contributed by atoms with van der Waals surface area (Å²) in [5, 5.41) is 7.70. The highest BCUT2D eigenvalue weighted by Gasteiger charge is 2.25. The van der Waals surface area contributed by atoms with Crippen molar-refractivity contribution >= 4 is 34.2 Å². The van der Waals surface area contributed by atoms with Crippen LogP contribution >= 0.6 is 11.6 Å². The largest absolute Gasteiger partial charge is 0.360 e. The molecule has 6 nitrogen and oxygen atoms in total. The minimum atomic E-state index is -0.00976. The summed E-state index contributed by atoms with van der Waals surface area (Å²) in [6, 6.07) is 6.88. The second kappa shape index (κ2) is 8.85. The third-order valence-corrected chi connectivity index (χ3v) is 5.70. The molecular formula is C20H28ClN5O. The first-order valence-corrected chi connectivity index (χ1v) is 9.97. The summed E-state index contributed by atoms with van der Waals surface area (Å²) in [7, 11) is 2.19. The van der Waals surface area contributed by atoms with Crippen LogP contribution in [0.5, 0.6) is 0 Å². The van der Waals surface area contributed by atoms with Crippen LogP contribution in [0.25, 0.3) is 10.9 Å². The molecule has 2 N–H and O–H groups in total. The molecule has 0 saturated heterocycles. The molecule has 1 amide bonds. The third kappa shape index (κ3) is 5.08. The lowest BCUT2D eigenvalue weighted by Gasteiger charge is -2.37. The lowest BCUT2D eigenvalue weighted by Crippen LogP contribution is -2.45. The van der Waals surface area contributed by atoms with E-state index in [1.54, 1.807) is 6.07 Å². The van der Waals surface area contributed by atoms with E-state index in [-0.39, 0.29) is 18.5 Å². The Balaban J connectivity index is 1.50. The quantitative estimate of drug-likeness (QED) is 0.791. The number of nitrogens with one attached hydrogen (secondary N) is 2. The van der Waals surface area contributed by atoms with Gasteiger partial charge in [0.15, 0.2) is 0 Å². The predicted octanol–water partition coefficient (Wildman–Crippen LogP) is 3.46. The highest BCUT2D eigenvalue weighted by atomic mass is 35.5. The van der Waals surface area contributed by atoms with Gasteiger partial charge in [-0.1, -0.05) is 11.6 Å². The van der Waals surface area contributed by atoms with Gasteiger partial charge in [-0.2, -0.15) is 0 Å². The van der Waals surface area contributed by atoms with E-state index in [1.165, 1.54) is 6.33 Å². The van der Waals surface area contributed by atoms with Crippen LogP contribution in [0.1, 0.15) is 39.5 Å². The number of carbonyl (C=O) groups is 1. The average molecular weight is 390 g/mol. The van der Waals surface area contributed by atoms with Crippen LogP contribution < -0.4 is 10.6 Å². The van der Waals surface area contributed by atoms with E-state index >= 15 is 0 Å². The Morgan fingerprint density at radius 2 is 2.00 bits per heavy atom. The summed E-state index contributed by atoms with van der Waals surface area (Å²) in [5.41, 5.74) is 0.796. The minimum absolute atomic E-state index is 0.00976. The maximum atomic E-state index is 12.4. The van der Waals surface area contributed by atoms with Gasteiger partial charge < -0.3 is 15.5 Å². The molecule has 7 heteroatoms. The number of fused-ring (bicyclic) bond motifs is 1. The van der Waals surface area contributed by atoms with Gasteiger partial charge in [0.2, 0.25) is 5.91 Å². The van der Waals surface area contributed by atoms with E-state index < -0.39 is 0 Å². The van der Waals surface area contributed by atoms with Gasteiger partial charge in [0, 0.05) is 28.5 Å². The molecule has 0 radical (unpaired) electrons. The fraction of sp³-hybridized carbons (Fsp3) is 0.550. The van der Waals surface area contributed by atoms with E-state index in [2.05, 4.69) is 46.4 Å². The Hall–Kier alpha value is -1.92. The van der Waals surface area contributed by atoms with Crippen molar-refractivity contribution in [1.29, 1.82) is 0 Å². The first-order chi connectivity index (χ1) is 12.9. The SMILES string of the molecule is CC(C)N(C)[C@H]1CC[C@H](NC(=O)CNc2ncnc3ccc(Cl)cc23)CC1. The zero-order valence-corrected chi connectivity index (χ0v) is 17.0. The van der Waals surface area contributed by atoms with Gasteiger partial charge in [-0.05, 0) is 64.8 Å². The Bertz CT molecular complexity index is 789. The summed E-state index contributed by atoms with van der Waals surface area (Å²) in [5.74, 6) is 0.615. The van der Waals surface area contributed by atoms with Crippen molar-refractivity contribution in [3.05, 3.63) is 29.5 Å². The molecule has 1 heterocycles. The zero-order chi connectivity index (χ0) is 19.4. The van der Waals surface area contributed by atoms with Gasteiger partial charge >= 0.3 is 0 Å². The van der Waals surface area contributed by atoms with Crippen LogP contribution in [0.15, 0.2) is 24.5 Å². The second-order valence-corrected chi connectivity index (χ2v) is 8.01. The average Bonchev–Trinajstić information content (AvgIpc) is 2.66. The van der Waals surface area contributed by atoms with Crippen LogP contribution in [0.3, 0.4) is 0 Å². The second-order valence-electron chi connectivity index (χ2n) is 7.57. The molecule has 0 bridgehead atoms. The molecule has 1 aliphatic rings. The number of amides is 1. The molecule has 0 unspecified atom stereocenters. The van der Waals surface area contributed by atoms with Crippen molar-refractivity contribution in [3.8, 4) is 0 Å². The molecule has 2 aromatic rings. The molecule has 27 heavy (non-hydrogen) atoms. The number of carbonyl (C=O) groups excluding carboxylic acids is 1. The van der Waals surface area contributed by atoms with Crippen molar-refractivity contribution in [2.75, 3.05) is 18.9 Å². The number of rotatable bonds is 6. The maximum Gasteiger partial charge on any atom is 0.239 e. The Morgan fingerprint density at radius 3 is 2.70 bits per heavy atom. The minimum Gasteiger partial charge on any atom is -0.360 e. The van der Waals surface area contributed by atoms with Crippen LogP contribution in [0.4, 0.5) is 5.82 Å². The Morgan fingerprint density at radius 1 is 1.26 bits per heavy atom. The number of halogens is 1. The highest BCUT2D eigenvalue weighted by molar-refractivity contribution is 6.31. The standard InChI is InChI=1S/C20H28ClN5O/c1-13(2)26(3)16-7-5-15(6-8-16)25-19(27)11-22-20-17-10-14(21)4-9-18(17)23-12-24-20/h4,9-10,12-13,15-16H,5-8,11H2,1-3H3,(H,25,27)(H,22,23,24)/t15-,16-. The first kappa shape index (κ1) is 19.8. The fourth-order valence-electron chi connectivity index (χ4n) is 3.66. The first-order valence-electron chi connectivity index (χ1n) is 9.59. The van der Waals surface area contributed by atoms with E-state index in [0.717, 1.165) is 36.6 Å². The van der Waals surface area contributed by atoms with Gasteiger partial charge in [-0.15, -0.1) is 0 Å². The molecule has 1 fully saturated rings. The number of nitrogens with zero attached hydrogens (tertiary/aromatic N) is 3.